The summed E-state index contributed by atoms with van der Waals surface area (Å²) in [5.41, 5.74) is 16.7. The van der Waals surface area contributed by atoms with Gasteiger partial charge < -0.3 is 20.9 Å². The third-order valence-corrected chi connectivity index (χ3v) is 4.51. The molecule has 2 atom stereocenters. The topological polar surface area (TPSA) is 70.5 Å². The van der Waals surface area contributed by atoms with Gasteiger partial charge in [-0.05, 0) is 79.6 Å². The lowest BCUT2D eigenvalue weighted by atomic mass is 10.1. The Morgan fingerprint density at radius 2 is 1.24 bits per heavy atom. The molecule has 0 saturated carbocycles. The maximum absolute atomic E-state index is 5.82. The van der Waals surface area contributed by atoms with Crippen molar-refractivity contribution >= 4 is 0 Å². The minimum Gasteiger partial charge on any atom is -0.494 e. The van der Waals surface area contributed by atoms with Gasteiger partial charge >= 0.3 is 0 Å². The molecule has 0 radical (unpaired) electrons. The highest BCUT2D eigenvalue weighted by atomic mass is 16.5. The summed E-state index contributed by atoms with van der Waals surface area (Å²) in [6, 6.07) is 13.0. The number of fused-ring (bicyclic) bond motifs is 3. The van der Waals surface area contributed by atoms with E-state index in [2.05, 4.69) is 24.3 Å². The van der Waals surface area contributed by atoms with Gasteiger partial charge in [-0.2, -0.15) is 0 Å². The summed E-state index contributed by atoms with van der Waals surface area (Å²) in [6.07, 6.45) is 2.64. The van der Waals surface area contributed by atoms with Crippen LogP contribution < -0.4 is 20.9 Å². The lowest BCUT2D eigenvalue weighted by molar-refractivity contribution is 0.301. The standard InChI is InChI=1S/C21H28N2O2/c1-14(22)7-9-24-18-3-5-20-16(12-18)11-17-13-19(4-6-21(17)20)25-10-8-15(2)23/h3-6,12-15H,7-11,22-23H2,1-2H3. The van der Waals surface area contributed by atoms with Crippen molar-refractivity contribution in [1.82, 2.24) is 0 Å². The Hall–Kier alpha value is -2.04. The van der Waals surface area contributed by atoms with Crippen LogP contribution in [0.4, 0.5) is 0 Å². The molecule has 0 amide bonds. The van der Waals surface area contributed by atoms with Gasteiger partial charge in [0.15, 0.2) is 0 Å². The molecule has 2 aromatic carbocycles. The zero-order valence-corrected chi connectivity index (χ0v) is 15.1. The smallest absolute Gasteiger partial charge is 0.119 e. The van der Waals surface area contributed by atoms with Crippen LogP contribution in [-0.2, 0) is 6.42 Å². The van der Waals surface area contributed by atoms with E-state index in [9.17, 15) is 0 Å². The second-order valence-electron chi connectivity index (χ2n) is 7.04. The first-order valence-corrected chi connectivity index (χ1v) is 9.06. The van der Waals surface area contributed by atoms with Gasteiger partial charge in [0.05, 0.1) is 13.2 Å². The van der Waals surface area contributed by atoms with E-state index in [4.69, 9.17) is 20.9 Å². The minimum atomic E-state index is 0.166. The molecule has 0 saturated heterocycles. The molecule has 0 aliphatic heterocycles. The summed E-state index contributed by atoms with van der Waals surface area (Å²) >= 11 is 0. The zero-order valence-electron chi connectivity index (χ0n) is 15.1. The molecule has 4 N–H and O–H groups in total. The lowest BCUT2D eigenvalue weighted by Crippen LogP contribution is -2.18. The summed E-state index contributed by atoms with van der Waals surface area (Å²) in [4.78, 5) is 0. The molecule has 4 nitrogen and oxygen atoms in total. The average molecular weight is 340 g/mol. The Labute approximate surface area is 150 Å². The van der Waals surface area contributed by atoms with Gasteiger partial charge in [0.2, 0.25) is 0 Å². The number of hydrogen-bond acceptors (Lipinski definition) is 4. The van der Waals surface area contributed by atoms with Gasteiger partial charge in [0, 0.05) is 12.1 Å². The zero-order chi connectivity index (χ0) is 17.8. The minimum absolute atomic E-state index is 0.166. The largest absolute Gasteiger partial charge is 0.494 e. The quantitative estimate of drug-likeness (QED) is 0.658. The van der Waals surface area contributed by atoms with Crippen molar-refractivity contribution in [2.24, 2.45) is 11.5 Å². The number of benzene rings is 2. The van der Waals surface area contributed by atoms with E-state index >= 15 is 0 Å². The third kappa shape index (κ3) is 4.53. The van der Waals surface area contributed by atoms with E-state index in [0.29, 0.717) is 13.2 Å². The molecular weight excluding hydrogens is 312 g/mol. The molecule has 0 heterocycles. The number of rotatable bonds is 8. The normalized spacial score (nSPS) is 14.6. The van der Waals surface area contributed by atoms with Crippen molar-refractivity contribution in [3.8, 4) is 22.6 Å². The molecule has 25 heavy (non-hydrogen) atoms. The molecule has 0 bridgehead atoms. The predicted molar refractivity (Wildman–Crippen MR) is 102 cm³/mol. The van der Waals surface area contributed by atoms with Crippen molar-refractivity contribution in [2.45, 2.75) is 45.2 Å². The monoisotopic (exact) mass is 340 g/mol. The van der Waals surface area contributed by atoms with Crippen LogP contribution in [0.3, 0.4) is 0 Å². The molecule has 3 rings (SSSR count). The second kappa shape index (κ2) is 7.89. The molecule has 2 unspecified atom stereocenters. The third-order valence-electron chi connectivity index (χ3n) is 4.51. The Morgan fingerprint density at radius 3 is 1.64 bits per heavy atom. The van der Waals surface area contributed by atoms with Gasteiger partial charge in [0.1, 0.15) is 11.5 Å². The first kappa shape index (κ1) is 17.8. The summed E-state index contributed by atoms with van der Waals surface area (Å²) in [5, 5.41) is 0. The first-order chi connectivity index (χ1) is 12.0. The van der Waals surface area contributed by atoms with Crippen molar-refractivity contribution < 1.29 is 9.47 Å². The van der Waals surface area contributed by atoms with Gasteiger partial charge in [-0.1, -0.05) is 12.1 Å². The van der Waals surface area contributed by atoms with Crippen molar-refractivity contribution in [1.29, 1.82) is 0 Å². The molecule has 1 aliphatic rings. The maximum atomic E-state index is 5.82. The summed E-state index contributed by atoms with van der Waals surface area (Å²) in [7, 11) is 0. The fourth-order valence-corrected chi connectivity index (χ4v) is 3.07. The number of ether oxygens (including phenoxy) is 2. The molecule has 0 aromatic heterocycles. The van der Waals surface area contributed by atoms with Crippen molar-refractivity contribution in [3.05, 3.63) is 47.5 Å². The maximum Gasteiger partial charge on any atom is 0.119 e. The van der Waals surface area contributed by atoms with E-state index in [1.165, 1.54) is 22.3 Å². The second-order valence-corrected chi connectivity index (χ2v) is 7.04. The van der Waals surface area contributed by atoms with Gasteiger partial charge in [-0.3, -0.25) is 0 Å². The Morgan fingerprint density at radius 1 is 0.800 bits per heavy atom. The average Bonchev–Trinajstić information content (AvgIpc) is 2.91. The fraction of sp³-hybridized carbons (Fsp3) is 0.429. The molecule has 0 fully saturated rings. The Balaban J connectivity index is 1.66. The van der Waals surface area contributed by atoms with E-state index in [0.717, 1.165) is 30.8 Å². The summed E-state index contributed by atoms with van der Waals surface area (Å²) in [5.74, 6) is 1.83. The van der Waals surface area contributed by atoms with Crippen LogP contribution in [0.15, 0.2) is 36.4 Å². The first-order valence-electron chi connectivity index (χ1n) is 9.06. The van der Waals surface area contributed by atoms with E-state index < -0.39 is 0 Å². The highest BCUT2D eigenvalue weighted by Crippen LogP contribution is 2.39. The van der Waals surface area contributed by atoms with Crippen LogP contribution in [0.25, 0.3) is 11.1 Å². The predicted octanol–water partition coefficient (Wildman–Crippen LogP) is 3.49. The molecule has 1 aliphatic carbocycles. The van der Waals surface area contributed by atoms with Crippen LogP contribution in [0, 0.1) is 0 Å². The Bertz CT molecular complexity index is 664. The molecule has 4 heteroatoms. The van der Waals surface area contributed by atoms with Gasteiger partial charge in [-0.15, -0.1) is 0 Å². The highest BCUT2D eigenvalue weighted by molar-refractivity contribution is 5.78. The molecular formula is C21H28N2O2. The SMILES string of the molecule is CC(N)CCOc1ccc2c(c1)Cc1cc(OCCC(C)N)ccc1-2. The number of hydrogen-bond donors (Lipinski definition) is 2. The molecule has 2 aromatic rings. The lowest BCUT2D eigenvalue weighted by Gasteiger charge is -2.10. The fourth-order valence-electron chi connectivity index (χ4n) is 3.07. The highest BCUT2D eigenvalue weighted by Gasteiger charge is 2.19. The Kier molecular flexibility index (Phi) is 5.61. The van der Waals surface area contributed by atoms with Gasteiger partial charge in [-0.25, -0.2) is 0 Å². The summed E-state index contributed by atoms with van der Waals surface area (Å²) < 4.78 is 11.6. The van der Waals surface area contributed by atoms with Crippen LogP contribution in [0.1, 0.15) is 37.8 Å². The van der Waals surface area contributed by atoms with Crippen molar-refractivity contribution in [2.75, 3.05) is 13.2 Å². The van der Waals surface area contributed by atoms with Crippen LogP contribution in [-0.4, -0.2) is 25.3 Å². The molecule has 134 valence electrons. The van der Waals surface area contributed by atoms with Crippen LogP contribution in [0.5, 0.6) is 11.5 Å². The van der Waals surface area contributed by atoms with Crippen LogP contribution >= 0.6 is 0 Å². The summed E-state index contributed by atoms with van der Waals surface area (Å²) in [6.45, 7) is 5.30. The van der Waals surface area contributed by atoms with E-state index in [1.54, 1.807) is 0 Å². The van der Waals surface area contributed by atoms with Crippen LogP contribution in [0.2, 0.25) is 0 Å². The molecule has 0 spiro atoms. The van der Waals surface area contributed by atoms with Gasteiger partial charge in [0.25, 0.3) is 0 Å². The number of nitrogens with two attached hydrogens (primary N) is 2. The van der Waals surface area contributed by atoms with Crippen molar-refractivity contribution in [3.63, 3.8) is 0 Å². The van der Waals surface area contributed by atoms with E-state index in [1.807, 2.05) is 26.0 Å². The van der Waals surface area contributed by atoms with E-state index in [-0.39, 0.29) is 12.1 Å².